The minimum absolute atomic E-state index is 0.484. The number of nitrogens with two attached hydrogens (primary N) is 1. The molecule has 0 aromatic carbocycles. The van der Waals surface area contributed by atoms with Gasteiger partial charge >= 0.3 is 0 Å². The van der Waals surface area contributed by atoms with Gasteiger partial charge in [0.15, 0.2) is 0 Å². The Hall–Kier alpha value is -0.810. The van der Waals surface area contributed by atoms with Crippen LogP contribution in [0.1, 0.15) is 57.8 Å². The van der Waals surface area contributed by atoms with Gasteiger partial charge in [-0.2, -0.15) is 0 Å². The Morgan fingerprint density at radius 3 is 2.10 bits per heavy atom. The van der Waals surface area contributed by atoms with E-state index in [0.717, 1.165) is 38.2 Å². The number of hydrogen-bond acceptors (Lipinski definition) is 3. The molecule has 21 heavy (non-hydrogen) atoms. The lowest BCUT2D eigenvalue weighted by molar-refractivity contribution is 0.131. The summed E-state index contributed by atoms with van der Waals surface area (Å²) in [5, 5.41) is 0. The zero-order valence-corrected chi connectivity index (χ0v) is 13.3. The van der Waals surface area contributed by atoms with Crippen LogP contribution in [0, 0.1) is 0 Å². The molecule has 3 aliphatic rings. The highest BCUT2D eigenvalue weighted by Gasteiger charge is 2.27. The molecule has 5 heteroatoms. The summed E-state index contributed by atoms with van der Waals surface area (Å²) < 4.78 is 0. The van der Waals surface area contributed by atoms with E-state index in [1.54, 1.807) is 0 Å². The van der Waals surface area contributed by atoms with Crippen molar-refractivity contribution in [3.63, 3.8) is 0 Å². The molecular formula is C16H31N5. The highest BCUT2D eigenvalue weighted by atomic mass is 15.4. The molecule has 2 saturated carbocycles. The summed E-state index contributed by atoms with van der Waals surface area (Å²) in [5.74, 6) is 6.67. The number of nitrogens with zero attached hydrogens (tertiary/aromatic N) is 3. The van der Waals surface area contributed by atoms with E-state index in [1.807, 2.05) is 0 Å². The van der Waals surface area contributed by atoms with Crippen molar-refractivity contribution in [3.8, 4) is 0 Å². The molecule has 0 radical (unpaired) electrons. The van der Waals surface area contributed by atoms with Gasteiger partial charge in [-0.05, 0) is 25.7 Å². The van der Waals surface area contributed by atoms with E-state index < -0.39 is 0 Å². The third-order valence-corrected chi connectivity index (χ3v) is 5.46. The fourth-order valence-electron chi connectivity index (χ4n) is 4.16. The Balaban J connectivity index is 1.52. The van der Waals surface area contributed by atoms with Crippen LogP contribution in [0.25, 0.3) is 0 Å². The van der Waals surface area contributed by atoms with E-state index in [2.05, 4.69) is 15.2 Å². The average molecular weight is 293 g/mol. The molecular weight excluding hydrogens is 262 g/mol. The van der Waals surface area contributed by atoms with Crippen molar-refractivity contribution in [2.24, 2.45) is 10.8 Å². The Morgan fingerprint density at radius 1 is 0.857 bits per heavy atom. The number of rotatable bonds is 2. The predicted octanol–water partition coefficient (Wildman–Crippen LogP) is 1.70. The maximum atomic E-state index is 5.74. The second-order valence-electron chi connectivity index (χ2n) is 6.85. The Labute approximate surface area is 128 Å². The van der Waals surface area contributed by atoms with E-state index in [4.69, 9.17) is 10.8 Å². The topological polar surface area (TPSA) is 56.9 Å². The van der Waals surface area contributed by atoms with Gasteiger partial charge in [-0.15, -0.1) is 0 Å². The first kappa shape index (κ1) is 15.1. The zero-order chi connectivity index (χ0) is 14.5. The van der Waals surface area contributed by atoms with Gasteiger partial charge in [0, 0.05) is 32.2 Å². The smallest absolute Gasteiger partial charge is 0.208 e. The maximum Gasteiger partial charge on any atom is 0.208 e. The van der Waals surface area contributed by atoms with Crippen LogP contribution in [0.2, 0.25) is 0 Å². The van der Waals surface area contributed by atoms with E-state index in [-0.39, 0.29) is 0 Å². The Morgan fingerprint density at radius 2 is 1.48 bits per heavy atom. The van der Waals surface area contributed by atoms with Crippen molar-refractivity contribution in [1.82, 2.24) is 15.2 Å². The summed E-state index contributed by atoms with van der Waals surface area (Å²) in [4.78, 5) is 9.91. The SMILES string of the molecule is NNC(=NC1CCCCC1)N1CCN(C2CCCC2)CC1. The summed E-state index contributed by atoms with van der Waals surface area (Å²) in [6.45, 7) is 4.45. The molecule has 1 saturated heterocycles. The highest BCUT2D eigenvalue weighted by molar-refractivity contribution is 5.79. The molecule has 0 unspecified atom stereocenters. The van der Waals surface area contributed by atoms with Gasteiger partial charge in [-0.25, -0.2) is 10.8 Å². The molecule has 1 heterocycles. The van der Waals surface area contributed by atoms with Gasteiger partial charge in [-0.1, -0.05) is 32.1 Å². The third kappa shape index (κ3) is 3.89. The van der Waals surface area contributed by atoms with Crippen molar-refractivity contribution < 1.29 is 0 Å². The Kier molecular flexibility index (Phi) is 5.36. The van der Waals surface area contributed by atoms with Gasteiger partial charge in [-0.3, -0.25) is 10.3 Å². The van der Waals surface area contributed by atoms with Crippen molar-refractivity contribution >= 4 is 5.96 Å². The molecule has 0 bridgehead atoms. The van der Waals surface area contributed by atoms with Gasteiger partial charge in [0.1, 0.15) is 0 Å². The summed E-state index contributed by atoms with van der Waals surface area (Å²) in [5.41, 5.74) is 2.86. The van der Waals surface area contributed by atoms with Crippen molar-refractivity contribution in [1.29, 1.82) is 0 Å². The number of guanidine groups is 1. The fourth-order valence-corrected chi connectivity index (χ4v) is 4.16. The summed E-state index contributed by atoms with van der Waals surface area (Å²) >= 11 is 0. The van der Waals surface area contributed by atoms with Gasteiger partial charge in [0.25, 0.3) is 0 Å². The molecule has 1 aliphatic heterocycles. The molecule has 5 nitrogen and oxygen atoms in total. The normalized spacial score (nSPS) is 27.3. The molecule has 120 valence electrons. The summed E-state index contributed by atoms with van der Waals surface area (Å²) in [7, 11) is 0. The van der Waals surface area contributed by atoms with E-state index in [0.29, 0.717) is 6.04 Å². The van der Waals surface area contributed by atoms with Crippen molar-refractivity contribution in [2.75, 3.05) is 26.2 Å². The van der Waals surface area contributed by atoms with Crippen LogP contribution in [0.4, 0.5) is 0 Å². The molecule has 3 fully saturated rings. The molecule has 3 N–H and O–H groups in total. The van der Waals surface area contributed by atoms with Gasteiger partial charge in [0.05, 0.1) is 6.04 Å². The van der Waals surface area contributed by atoms with Crippen molar-refractivity contribution in [3.05, 3.63) is 0 Å². The van der Waals surface area contributed by atoms with Crippen LogP contribution in [-0.4, -0.2) is 54.0 Å². The van der Waals surface area contributed by atoms with E-state index in [9.17, 15) is 0 Å². The second kappa shape index (κ2) is 7.45. The molecule has 0 aromatic rings. The first-order chi connectivity index (χ1) is 10.4. The van der Waals surface area contributed by atoms with Crippen molar-refractivity contribution in [2.45, 2.75) is 69.9 Å². The second-order valence-corrected chi connectivity index (χ2v) is 6.85. The number of aliphatic imine (C=N–C) groups is 1. The molecule has 0 spiro atoms. The first-order valence-electron chi connectivity index (χ1n) is 8.90. The van der Waals surface area contributed by atoms with E-state index in [1.165, 1.54) is 57.8 Å². The molecule has 2 aliphatic carbocycles. The molecule has 0 amide bonds. The number of hydrogen-bond donors (Lipinski definition) is 2. The largest absolute Gasteiger partial charge is 0.339 e. The van der Waals surface area contributed by atoms with Crippen LogP contribution in [0.15, 0.2) is 4.99 Å². The summed E-state index contributed by atoms with van der Waals surface area (Å²) in [6.07, 6.45) is 12.1. The molecule has 3 rings (SSSR count). The van der Waals surface area contributed by atoms with Gasteiger partial charge in [0.2, 0.25) is 5.96 Å². The van der Waals surface area contributed by atoms with Crippen LogP contribution < -0.4 is 11.3 Å². The standard InChI is InChI=1S/C16H31N5/c17-19-16(18-14-6-2-1-3-7-14)21-12-10-20(11-13-21)15-8-4-5-9-15/h14-15H,1-13,17H2,(H,18,19). The first-order valence-corrected chi connectivity index (χ1v) is 8.90. The van der Waals surface area contributed by atoms with Crippen LogP contribution in [-0.2, 0) is 0 Å². The van der Waals surface area contributed by atoms with Crippen LogP contribution in [0.3, 0.4) is 0 Å². The van der Waals surface area contributed by atoms with Crippen LogP contribution >= 0.6 is 0 Å². The zero-order valence-electron chi connectivity index (χ0n) is 13.3. The number of hydrazine groups is 1. The quantitative estimate of drug-likeness (QED) is 0.352. The monoisotopic (exact) mass is 293 g/mol. The Bertz CT molecular complexity index is 337. The third-order valence-electron chi connectivity index (χ3n) is 5.46. The van der Waals surface area contributed by atoms with Crippen LogP contribution in [0.5, 0.6) is 0 Å². The maximum absolute atomic E-state index is 5.74. The number of nitrogens with one attached hydrogen (secondary N) is 1. The fraction of sp³-hybridized carbons (Fsp3) is 0.938. The predicted molar refractivity (Wildman–Crippen MR) is 87.0 cm³/mol. The van der Waals surface area contributed by atoms with Gasteiger partial charge < -0.3 is 4.90 Å². The lowest BCUT2D eigenvalue weighted by atomic mass is 9.96. The minimum Gasteiger partial charge on any atom is -0.339 e. The number of piperazine rings is 1. The molecule has 0 aromatic heterocycles. The lowest BCUT2D eigenvalue weighted by Gasteiger charge is -2.39. The highest BCUT2D eigenvalue weighted by Crippen LogP contribution is 2.24. The minimum atomic E-state index is 0.484. The average Bonchev–Trinajstić information content (AvgIpc) is 3.08. The molecule has 0 atom stereocenters. The lowest BCUT2D eigenvalue weighted by Crippen LogP contribution is -2.55. The summed E-state index contributed by atoms with van der Waals surface area (Å²) in [6, 6.07) is 1.33. The van der Waals surface area contributed by atoms with E-state index >= 15 is 0 Å².